The van der Waals surface area contributed by atoms with Crippen LogP contribution in [0.5, 0.6) is 5.75 Å². The molecule has 0 aromatic heterocycles. The largest absolute Gasteiger partial charge is 0.497 e. The van der Waals surface area contributed by atoms with Gasteiger partial charge in [-0.15, -0.1) is 0 Å². The molecule has 4 N–H and O–H groups in total. The number of sulfonamides is 2. The molecule has 0 aliphatic heterocycles. The van der Waals surface area contributed by atoms with E-state index in [-0.39, 0.29) is 9.79 Å². The van der Waals surface area contributed by atoms with Gasteiger partial charge in [0.05, 0.1) is 16.9 Å². The molecule has 8 aromatic carbocycles. The summed E-state index contributed by atoms with van der Waals surface area (Å²) in [6, 6.07) is 59.1. The highest BCUT2D eigenvalue weighted by Crippen LogP contribution is 2.24. The van der Waals surface area contributed by atoms with Gasteiger partial charge in [-0.25, -0.2) is 16.8 Å². The number of hydrogen-bond donors (Lipinski definition) is 4. The molecule has 0 saturated heterocycles. The number of nitrogens with one attached hydrogen (secondary N) is 4. The van der Waals surface area contributed by atoms with Crippen molar-refractivity contribution in [3.05, 3.63) is 210 Å². The van der Waals surface area contributed by atoms with Gasteiger partial charge in [0.25, 0.3) is 20.0 Å². The van der Waals surface area contributed by atoms with Crippen LogP contribution >= 0.6 is 0 Å². The summed E-state index contributed by atoms with van der Waals surface area (Å²) in [5.74, 6) is 0.855. The topological polar surface area (TPSA) is 126 Å². The maximum absolute atomic E-state index is 12.9. The molecule has 62 heavy (non-hydrogen) atoms. The molecule has 8 rings (SSSR count). The van der Waals surface area contributed by atoms with Crippen LogP contribution in [0.15, 0.2) is 198 Å². The average Bonchev–Trinajstić information content (AvgIpc) is 3.29. The molecule has 0 unspecified atom stereocenters. The van der Waals surface area contributed by atoms with Gasteiger partial charge < -0.3 is 15.4 Å². The summed E-state index contributed by atoms with van der Waals surface area (Å²) >= 11 is 0. The van der Waals surface area contributed by atoms with Gasteiger partial charge in [0.15, 0.2) is 0 Å². The van der Waals surface area contributed by atoms with Crippen molar-refractivity contribution in [1.82, 2.24) is 10.6 Å². The molecule has 0 fully saturated rings. The van der Waals surface area contributed by atoms with Crippen LogP contribution in [-0.4, -0.2) is 37.0 Å². The molecule has 0 aliphatic carbocycles. The van der Waals surface area contributed by atoms with Crippen LogP contribution in [0.25, 0.3) is 21.5 Å². The Hall–Kier alpha value is -6.50. The van der Waals surface area contributed by atoms with Gasteiger partial charge in [0.2, 0.25) is 0 Å². The first-order valence-electron chi connectivity index (χ1n) is 20.4. The van der Waals surface area contributed by atoms with E-state index in [9.17, 15) is 16.8 Å². The summed E-state index contributed by atoms with van der Waals surface area (Å²) in [7, 11) is -5.66. The second-order valence-electron chi connectivity index (χ2n) is 14.8. The van der Waals surface area contributed by atoms with Gasteiger partial charge in [-0.2, -0.15) is 0 Å². The first kappa shape index (κ1) is 43.6. The van der Waals surface area contributed by atoms with E-state index in [0.29, 0.717) is 24.5 Å². The lowest BCUT2D eigenvalue weighted by molar-refractivity contribution is 0.414. The van der Waals surface area contributed by atoms with Gasteiger partial charge in [-0.3, -0.25) is 9.44 Å². The van der Waals surface area contributed by atoms with Gasteiger partial charge in [0.1, 0.15) is 5.75 Å². The molecule has 0 spiro atoms. The first-order chi connectivity index (χ1) is 30.1. The Balaban J connectivity index is 0.000000187. The van der Waals surface area contributed by atoms with Crippen molar-refractivity contribution in [1.29, 1.82) is 0 Å². The molecule has 0 aliphatic rings. The van der Waals surface area contributed by atoms with Gasteiger partial charge >= 0.3 is 0 Å². The highest BCUT2D eigenvalue weighted by atomic mass is 32.2. The number of anilines is 2. The Morgan fingerprint density at radius 3 is 1.35 bits per heavy atom. The summed E-state index contributed by atoms with van der Waals surface area (Å²) in [6.45, 7) is 2.99. The molecule has 0 saturated carbocycles. The molecule has 0 radical (unpaired) electrons. The molecule has 8 aromatic rings. The van der Waals surface area contributed by atoms with Crippen LogP contribution in [0.4, 0.5) is 11.4 Å². The Morgan fingerprint density at radius 2 is 0.839 bits per heavy atom. The van der Waals surface area contributed by atoms with Crippen molar-refractivity contribution >= 4 is 53.0 Å². The van der Waals surface area contributed by atoms with E-state index in [2.05, 4.69) is 38.3 Å². The summed E-state index contributed by atoms with van der Waals surface area (Å²) < 4.78 is 62.1. The second-order valence-corrected chi connectivity index (χ2v) is 18.2. The fourth-order valence-electron chi connectivity index (χ4n) is 6.99. The first-order valence-corrected chi connectivity index (χ1v) is 23.4. The van der Waals surface area contributed by atoms with Crippen molar-refractivity contribution in [2.24, 2.45) is 0 Å². The monoisotopic (exact) mass is 862 g/mol. The van der Waals surface area contributed by atoms with Crippen molar-refractivity contribution in [3.63, 3.8) is 0 Å². The van der Waals surface area contributed by atoms with Crippen molar-refractivity contribution in [2.75, 3.05) is 29.6 Å². The molecule has 316 valence electrons. The number of fused-ring (bicyclic) bond motifs is 2. The van der Waals surface area contributed by atoms with Crippen LogP contribution in [0.3, 0.4) is 0 Å². The van der Waals surface area contributed by atoms with Crippen molar-refractivity contribution < 1.29 is 21.6 Å². The standard InChI is InChI=1S/C26H26N2O3S.C25H24N2O2S/c1-31-25-11-5-6-20(17-25)14-15-27-19-21-7-4-10-24(16-21)28-32(29,30)26-13-12-22-8-2-3-9-23(22)18-26;28-30(29,25-14-13-22-10-4-5-11-23(22)18-25)27-24-12-6-9-21(17-24)19-26-16-15-20-7-2-1-3-8-20/h2-13,16-18,27-28H,14-15,19H2,1H3;1-14,17-18,26-27H,15-16,19H2. The fourth-order valence-corrected chi connectivity index (χ4v) is 9.16. The maximum atomic E-state index is 12.9. The highest BCUT2D eigenvalue weighted by molar-refractivity contribution is 7.93. The third kappa shape index (κ3) is 12.3. The zero-order valence-corrected chi connectivity index (χ0v) is 36.1. The minimum Gasteiger partial charge on any atom is -0.497 e. The fraction of sp³-hybridized carbons (Fsp3) is 0.137. The van der Waals surface area contributed by atoms with E-state index in [0.717, 1.165) is 64.4 Å². The number of hydrogen-bond acceptors (Lipinski definition) is 7. The average molecular weight is 863 g/mol. The van der Waals surface area contributed by atoms with Gasteiger partial charge in [-0.05, 0) is 130 Å². The summed E-state index contributed by atoms with van der Waals surface area (Å²) in [5.41, 5.74) is 5.64. The molecule has 0 atom stereocenters. The van der Waals surface area contributed by atoms with Gasteiger partial charge in [-0.1, -0.05) is 127 Å². The lowest BCUT2D eigenvalue weighted by Crippen LogP contribution is -2.17. The van der Waals surface area contributed by atoms with E-state index < -0.39 is 20.0 Å². The number of rotatable bonds is 17. The highest BCUT2D eigenvalue weighted by Gasteiger charge is 2.16. The molecule has 0 amide bonds. The van der Waals surface area contributed by atoms with E-state index >= 15 is 0 Å². The Morgan fingerprint density at radius 1 is 0.403 bits per heavy atom. The summed E-state index contributed by atoms with van der Waals surface area (Å²) in [5, 5.41) is 10.6. The number of ether oxygens (including phenoxy) is 1. The second kappa shape index (κ2) is 20.8. The molecule has 0 bridgehead atoms. The quantitative estimate of drug-likeness (QED) is 0.0672. The SMILES string of the molecule is COc1cccc(CCNCc2cccc(NS(=O)(=O)c3ccc4ccccc4c3)c2)c1.O=S(=O)(Nc1cccc(CNCCc2ccccc2)c1)c1ccc2ccccc2c1. The van der Waals surface area contributed by atoms with Gasteiger partial charge in [0, 0.05) is 24.5 Å². The molecule has 0 heterocycles. The van der Waals surface area contributed by atoms with Crippen LogP contribution in [0.2, 0.25) is 0 Å². The third-order valence-electron chi connectivity index (χ3n) is 10.2. The normalized spacial score (nSPS) is 11.4. The number of benzene rings is 8. The van der Waals surface area contributed by atoms with Crippen LogP contribution in [0.1, 0.15) is 22.3 Å². The number of methoxy groups -OCH3 is 1. The maximum Gasteiger partial charge on any atom is 0.261 e. The van der Waals surface area contributed by atoms with Crippen LogP contribution in [-0.2, 0) is 46.0 Å². The molecular formula is C51H50N4O5S2. The zero-order chi connectivity index (χ0) is 43.2. The van der Waals surface area contributed by atoms with Crippen molar-refractivity contribution in [2.45, 2.75) is 35.7 Å². The molecule has 11 heteroatoms. The van der Waals surface area contributed by atoms with E-state index in [4.69, 9.17) is 4.74 Å². The predicted octanol–water partition coefficient (Wildman–Crippen LogP) is 9.95. The lowest BCUT2D eigenvalue weighted by Gasteiger charge is -2.11. The minimum absolute atomic E-state index is 0.248. The van der Waals surface area contributed by atoms with E-state index in [1.807, 2.05) is 133 Å². The third-order valence-corrected chi connectivity index (χ3v) is 13.0. The van der Waals surface area contributed by atoms with Crippen LogP contribution in [0, 0.1) is 0 Å². The Kier molecular flexibility index (Phi) is 14.7. The molecular weight excluding hydrogens is 813 g/mol. The molecule has 9 nitrogen and oxygen atoms in total. The minimum atomic E-state index is -3.67. The van der Waals surface area contributed by atoms with E-state index in [1.54, 1.807) is 43.5 Å². The summed E-state index contributed by atoms with van der Waals surface area (Å²) in [4.78, 5) is 0.505. The smallest absolute Gasteiger partial charge is 0.261 e. The van der Waals surface area contributed by atoms with Crippen molar-refractivity contribution in [3.8, 4) is 5.75 Å². The van der Waals surface area contributed by atoms with Crippen LogP contribution < -0.4 is 24.8 Å². The Labute approximate surface area is 364 Å². The zero-order valence-electron chi connectivity index (χ0n) is 34.5. The van der Waals surface area contributed by atoms with E-state index in [1.165, 1.54) is 11.1 Å². The predicted molar refractivity (Wildman–Crippen MR) is 253 cm³/mol. The lowest BCUT2D eigenvalue weighted by atomic mass is 10.1. The Bertz CT molecular complexity index is 2960. The summed E-state index contributed by atoms with van der Waals surface area (Å²) in [6.07, 6.45) is 1.83.